The Morgan fingerprint density at radius 2 is 2.06 bits per heavy atom. The number of rotatable bonds is 3. The molecule has 0 aliphatic rings. The molecule has 86 valence electrons. The third-order valence-electron chi connectivity index (χ3n) is 1.98. The Bertz CT molecular complexity index is 570. The molecular formula is C10H11NO3S2. The van der Waals surface area contributed by atoms with E-state index < -0.39 is 16.2 Å². The summed E-state index contributed by atoms with van der Waals surface area (Å²) in [6.45, 7) is 1.68. The SMILES string of the molecule is CC(OS(C)(=O)=O)c1nc2ccccc2s1. The van der Waals surface area contributed by atoms with Gasteiger partial charge in [0, 0.05) is 0 Å². The van der Waals surface area contributed by atoms with Gasteiger partial charge in [0.05, 0.1) is 16.5 Å². The van der Waals surface area contributed by atoms with E-state index in [-0.39, 0.29) is 0 Å². The number of nitrogens with zero attached hydrogens (tertiary/aromatic N) is 1. The molecule has 0 saturated heterocycles. The summed E-state index contributed by atoms with van der Waals surface area (Å²) in [6.07, 6.45) is 0.504. The fourth-order valence-corrected chi connectivity index (χ4v) is 2.99. The summed E-state index contributed by atoms with van der Waals surface area (Å²) in [6, 6.07) is 7.66. The molecule has 1 unspecified atom stereocenters. The Balaban J connectivity index is 2.33. The van der Waals surface area contributed by atoms with Crippen molar-refractivity contribution in [1.29, 1.82) is 0 Å². The fraction of sp³-hybridized carbons (Fsp3) is 0.300. The third-order valence-corrected chi connectivity index (χ3v) is 3.81. The topological polar surface area (TPSA) is 56.3 Å². The van der Waals surface area contributed by atoms with E-state index in [0.29, 0.717) is 5.01 Å². The third kappa shape index (κ3) is 2.58. The zero-order valence-corrected chi connectivity index (χ0v) is 10.5. The van der Waals surface area contributed by atoms with Crippen molar-refractivity contribution in [2.75, 3.05) is 6.26 Å². The lowest BCUT2D eigenvalue weighted by molar-refractivity contribution is 0.236. The van der Waals surface area contributed by atoms with Crippen LogP contribution in [0.25, 0.3) is 10.2 Å². The molecule has 0 aliphatic heterocycles. The number of thiazole rings is 1. The minimum Gasteiger partial charge on any atom is -0.260 e. The summed E-state index contributed by atoms with van der Waals surface area (Å²) in [5, 5.41) is 0.673. The Morgan fingerprint density at radius 1 is 1.38 bits per heavy atom. The van der Waals surface area contributed by atoms with Gasteiger partial charge in [0.25, 0.3) is 10.1 Å². The molecule has 1 aromatic heterocycles. The van der Waals surface area contributed by atoms with Gasteiger partial charge in [-0.25, -0.2) is 4.98 Å². The lowest BCUT2D eigenvalue weighted by Gasteiger charge is -2.06. The van der Waals surface area contributed by atoms with Crippen LogP contribution in [0.2, 0.25) is 0 Å². The maximum Gasteiger partial charge on any atom is 0.265 e. The van der Waals surface area contributed by atoms with Crippen LogP contribution in [-0.4, -0.2) is 19.7 Å². The lowest BCUT2D eigenvalue weighted by atomic mass is 10.3. The standard InChI is InChI=1S/C10H11NO3S2/c1-7(14-16(2,12)13)10-11-8-5-3-4-6-9(8)15-10/h3-7H,1-2H3. The number of aromatic nitrogens is 1. The molecule has 16 heavy (non-hydrogen) atoms. The Hall–Kier alpha value is -0.980. The highest BCUT2D eigenvalue weighted by Crippen LogP contribution is 2.28. The smallest absolute Gasteiger partial charge is 0.260 e. The average molecular weight is 257 g/mol. The molecule has 1 aromatic carbocycles. The Morgan fingerprint density at radius 3 is 2.69 bits per heavy atom. The fourth-order valence-electron chi connectivity index (χ4n) is 1.37. The normalized spacial score (nSPS) is 14.1. The van der Waals surface area contributed by atoms with Gasteiger partial charge < -0.3 is 0 Å². The molecule has 0 N–H and O–H groups in total. The quantitative estimate of drug-likeness (QED) is 0.792. The Labute approximate surface area is 98.0 Å². The van der Waals surface area contributed by atoms with E-state index in [0.717, 1.165) is 16.5 Å². The van der Waals surface area contributed by atoms with E-state index >= 15 is 0 Å². The van der Waals surface area contributed by atoms with Crippen molar-refractivity contribution >= 4 is 31.7 Å². The molecule has 0 amide bonds. The number of benzene rings is 1. The molecule has 0 saturated carbocycles. The summed E-state index contributed by atoms with van der Waals surface area (Å²) in [5.41, 5.74) is 0.867. The molecule has 0 fully saturated rings. The van der Waals surface area contributed by atoms with Crippen LogP contribution in [0.4, 0.5) is 0 Å². The molecule has 0 aliphatic carbocycles. The summed E-state index contributed by atoms with van der Waals surface area (Å²) in [4.78, 5) is 4.33. The molecule has 2 aromatic rings. The van der Waals surface area contributed by atoms with Crippen molar-refractivity contribution in [3.05, 3.63) is 29.3 Å². The minimum atomic E-state index is -3.44. The van der Waals surface area contributed by atoms with Crippen molar-refractivity contribution < 1.29 is 12.6 Å². The van der Waals surface area contributed by atoms with Crippen LogP contribution in [-0.2, 0) is 14.3 Å². The molecule has 0 radical (unpaired) electrons. The van der Waals surface area contributed by atoms with Gasteiger partial charge in [-0.05, 0) is 19.1 Å². The van der Waals surface area contributed by atoms with Gasteiger partial charge in [0.15, 0.2) is 0 Å². The van der Waals surface area contributed by atoms with E-state index in [1.807, 2.05) is 24.3 Å². The van der Waals surface area contributed by atoms with Gasteiger partial charge in [-0.15, -0.1) is 11.3 Å². The zero-order chi connectivity index (χ0) is 11.8. The second-order valence-electron chi connectivity index (χ2n) is 3.46. The largest absolute Gasteiger partial charge is 0.265 e. The molecule has 0 spiro atoms. The average Bonchev–Trinajstić information content (AvgIpc) is 2.58. The van der Waals surface area contributed by atoms with Gasteiger partial charge in [-0.1, -0.05) is 12.1 Å². The van der Waals surface area contributed by atoms with Crippen LogP contribution in [0, 0.1) is 0 Å². The molecule has 1 atom stereocenters. The second-order valence-corrected chi connectivity index (χ2v) is 6.13. The first-order valence-electron chi connectivity index (χ1n) is 4.69. The van der Waals surface area contributed by atoms with Gasteiger partial charge in [0.2, 0.25) is 0 Å². The molecule has 2 rings (SSSR count). The number of fused-ring (bicyclic) bond motifs is 1. The van der Waals surface area contributed by atoms with E-state index in [1.165, 1.54) is 11.3 Å². The van der Waals surface area contributed by atoms with Crippen LogP contribution >= 0.6 is 11.3 Å². The Kier molecular flexibility index (Phi) is 2.96. The lowest BCUT2D eigenvalue weighted by Crippen LogP contribution is -2.06. The van der Waals surface area contributed by atoms with Crippen molar-refractivity contribution in [2.45, 2.75) is 13.0 Å². The maximum atomic E-state index is 11.0. The van der Waals surface area contributed by atoms with Crippen LogP contribution in [0.5, 0.6) is 0 Å². The summed E-state index contributed by atoms with van der Waals surface area (Å²) in [5.74, 6) is 0. The van der Waals surface area contributed by atoms with Gasteiger partial charge >= 0.3 is 0 Å². The van der Waals surface area contributed by atoms with E-state index in [2.05, 4.69) is 4.98 Å². The molecule has 0 bridgehead atoms. The number of hydrogen-bond donors (Lipinski definition) is 0. The van der Waals surface area contributed by atoms with Crippen molar-refractivity contribution in [3.63, 3.8) is 0 Å². The summed E-state index contributed by atoms with van der Waals surface area (Å²) < 4.78 is 27.9. The first-order chi connectivity index (χ1) is 7.46. The number of hydrogen-bond acceptors (Lipinski definition) is 5. The predicted octanol–water partition coefficient (Wildman–Crippen LogP) is 2.33. The predicted molar refractivity (Wildman–Crippen MR) is 64.0 cm³/mol. The molecule has 1 heterocycles. The van der Waals surface area contributed by atoms with Gasteiger partial charge in [-0.3, -0.25) is 4.18 Å². The van der Waals surface area contributed by atoms with Crippen molar-refractivity contribution in [2.24, 2.45) is 0 Å². The highest BCUT2D eigenvalue weighted by Gasteiger charge is 2.16. The van der Waals surface area contributed by atoms with Crippen LogP contribution in [0.1, 0.15) is 18.0 Å². The van der Waals surface area contributed by atoms with Crippen LogP contribution in [0.15, 0.2) is 24.3 Å². The van der Waals surface area contributed by atoms with Crippen LogP contribution < -0.4 is 0 Å². The number of para-hydroxylation sites is 1. The van der Waals surface area contributed by atoms with Crippen LogP contribution in [0.3, 0.4) is 0 Å². The first-order valence-corrected chi connectivity index (χ1v) is 7.33. The highest BCUT2D eigenvalue weighted by atomic mass is 32.2. The molecular weight excluding hydrogens is 246 g/mol. The minimum absolute atomic E-state index is 0.535. The molecule has 4 nitrogen and oxygen atoms in total. The van der Waals surface area contributed by atoms with E-state index in [1.54, 1.807) is 6.92 Å². The van der Waals surface area contributed by atoms with E-state index in [4.69, 9.17) is 4.18 Å². The van der Waals surface area contributed by atoms with Crippen molar-refractivity contribution in [1.82, 2.24) is 4.98 Å². The van der Waals surface area contributed by atoms with Gasteiger partial charge in [-0.2, -0.15) is 8.42 Å². The second kappa shape index (κ2) is 4.12. The van der Waals surface area contributed by atoms with E-state index in [9.17, 15) is 8.42 Å². The zero-order valence-electron chi connectivity index (χ0n) is 8.88. The summed E-state index contributed by atoms with van der Waals surface area (Å²) in [7, 11) is -3.44. The molecule has 6 heteroatoms. The maximum absolute atomic E-state index is 11.0. The summed E-state index contributed by atoms with van der Waals surface area (Å²) >= 11 is 1.45. The monoisotopic (exact) mass is 257 g/mol. The van der Waals surface area contributed by atoms with Crippen molar-refractivity contribution in [3.8, 4) is 0 Å². The highest BCUT2D eigenvalue weighted by molar-refractivity contribution is 7.86. The van der Waals surface area contributed by atoms with Gasteiger partial charge in [0.1, 0.15) is 11.1 Å². The first kappa shape index (κ1) is 11.5.